The number of fused-ring (bicyclic) bond motifs is 3. The number of nitrogens with zero attached hydrogens (tertiary/aromatic N) is 3. The summed E-state index contributed by atoms with van der Waals surface area (Å²) in [6.45, 7) is 0. The average molecular weight is 441 g/mol. The van der Waals surface area contributed by atoms with E-state index in [2.05, 4.69) is 6.07 Å². The Labute approximate surface area is 194 Å². The molecule has 4 aromatic carbocycles. The second-order valence-electron chi connectivity index (χ2n) is 7.86. The maximum Gasteiger partial charge on any atom is 0.164 e. The van der Waals surface area contributed by atoms with Gasteiger partial charge in [-0.25, -0.2) is 14.4 Å². The van der Waals surface area contributed by atoms with Gasteiger partial charge in [0.1, 0.15) is 28.6 Å². The SMILES string of the molecule is N#Cc1c(-c2ccccc2)nc(-c2ccc(F)c3c2oc2ccccc23)nc1-c1ccccc1. The van der Waals surface area contributed by atoms with E-state index in [9.17, 15) is 9.65 Å². The van der Waals surface area contributed by atoms with Crippen LogP contribution < -0.4 is 0 Å². The lowest BCUT2D eigenvalue weighted by molar-refractivity contribution is 0.634. The molecule has 5 heteroatoms. The molecular weight excluding hydrogens is 425 g/mol. The normalized spacial score (nSPS) is 11.1. The monoisotopic (exact) mass is 441 g/mol. The van der Waals surface area contributed by atoms with E-state index in [4.69, 9.17) is 14.4 Å². The summed E-state index contributed by atoms with van der Waals surface area (Å²) in [5, 5.41) is 11.2. The Hall–Kier alpha value is -4.82. The molecule has 0 bridgehead atoms. The zero-order valence-corrected chi connectivity index (χ0v) is 17.9. The predicted molar refractivity (Wildman–Crippen MR) is 130 cm³/mol. The molecule has 0 radical (unpaired) electrons. The highest BCUT2D eigenvalue weighted by atomic mass is 19.1. The maximum absolute atomic E-state index is 14.9. The fraction of sp³-hybridized carbons (Fsp3) is 0. The summed E-state index contributed by atoms with van der Waals surface area (Å²) >= 11 is 0. The van der Waals surface area contributed by atoms with Gasteiger partial charge in [-0.2, -0.15) is 5.26 Å². The second-order valence-corrected chi connectivity index (χ2v) is 7.86. The molecule has 0 spiro atoms. The number of nitriles is 1. The molecule has 6 aromatic rings. The summed E-state index contributed by atoms with van der Waals surface area (Å²) < 4.78 is 21.0. The van der Waals surface area contributed by atoms with Gasteiger partial charge < -0.3 is 4.42 Å². The molecule has 0 fully saturated rings. The first-order valence-corrected chi connectivity index (χ1v) is 10.8. The molecule has 0 saturated heterocycles. The van der Waals surface area contributed by atoms with Crippen molar-refractivity contribution in [2.24, 2.45) is 0 Å². The fourth-order valence-corrected chi connectivity index (χ4v) is 4.26. The topological polar surface area (TPSA) is 62.7 Å². The van der Waals surface area contributed by atoms with Crippen LogP contribution >= 0.6 is 0 Å². The van der Waals surface area contributed by atoms with Crippen molar-refractivity contribution >= 4 is 21.9 Å². The maximum atomic E-state index is 14.9. The Morgan fingerprint density at radius 1 is 0.706 bits per heavy atom. The van der Waals surface area contributed by atoms with E-state index in [1.807, 2.05) is 84.9 Å². The third-order valence-corrected chi connectivity index (χ3v) is 5.83. The van der Waals surface area contributed by atoms with Crippen LogP contribution in [-0.4, -0.2) is 9.97 Å². The molecule has 0 aliphatic rings. The third kappa shape index (κ3) is 3.13. The van der Waals surface area contributed by atoms with Crippen LogP contribution in [0.3, 0.4) is 0 Å². The van der Waals surface area contributed by atoms with Crippen molar-refractivity contribution in [3.8, 4) is 40.0 Å². The number of benzene rings is 4. The van der Waals surface area contributed by atoms with Crippen LogP contribution in [0.2, 0.25) is 0 Å². The minimum Gasteiger partial charge on any atom is -0.455 e. The standard InChI is InChI=1S/C29H16FN3O/c30-23-16-15-21(28-25(23)20-13-7-8-14-24(20)34-28)29-32-26(18-9-3-1-4-10-18)22(17-31)27(33-29)19-11-5-2-6-12-19/h1-16H. The van der Waals surface area contributed by atoms with Gasteiger partial charge in [0.15, 0.2) is 5.82 Å². The van der Waals surface area contributed by atoms with Gasteiger partial charge in [-0.05, 0) is 18.2 Å². The van der Waals surface area contributed by atoms with Gasteiger partial charge in [0.25, 0.3) is 0 Å². The summed E-state index contributed by atoms with van der Waals surface area (Å²) in [6.07, 6.45) is 0. The fourth-order valence-electron chi connectivity index (χ4n) is 4.26. The Kier molecular flexibility index (Phi) is 4.64. The van der Waals surface area contributed by atoms with Crippen molar-refractivity contribution in [3.63, 3.8) is 0 Å². The van der Waals surface area contributed by atoms with Gasteiger partial charge in [0.05, 0.1) is 22.3 Å². The Morgan fingerprint density at radius 2 is 1.29 bits per heavy atom. The lowest BCUT2D eigenvalue weighted by Crippen LogP contribution is -2.01. The molecule has 0 amide bonds. The van der Waals surface area contributed by atoms with Crippen molar-refractivity contribution < 1.29 is 8.81 Å². The van der Waals surface area contributed by atoms with Crippen LogP contribution in [0, 0.1) is 17.1 Å². The number of para-hydroxylation sites is 1. The second kappa shape index (κ2) is 7.95. The molecule has 0 saturated carbocycles. The Morgan fingerprint density at radius 3 is 1.91 bits per heavy atom. The third-order valence-electron chi connectivity index (χ3n) is 5.83. The van der Waals surface area contributed by atoms with Gasteiger partial charge >= 0.3 is 0 Å². The van der Waals surface area contributed by atoms with E-state index in [1.165, 1.54) is 6.07 Å². The van der Waals surface area contributed by atoms with E-state index in [0.29, 0.717) is 50.3 Å². The van der Waals surface area contributed by atoms with Gasteiger partial charge in [-0.15, -0.1) is 0 Å². The molecule has 2 heterocycles. The first-order valence-electron chi connectivity index (χ1n) is 10.8. The highest BCUT2D eigenvalue weighted by molar-refractivity contribution is 6.09. The lowest BCUT2D eigenvalue weighted by atomic mass is 10.00. The van der Waals surface area contributed by atoms with E-state index >= 15 is 0 Å². The number of hydrogen-bond acceptors (Lipinski definition) is 4. The number of rotatable bonds is 3. The van der Waals surface area contributed by atoms with Crippen molar-refractivity contribution in [1.29, 1.82) is 5.26 Å². The summed E-state index contributed by atoms with van der Waals surface area (Å²) in [5.41, 5.74) is 4.52. The molecular formula is C29H16FN3O. The zero-order chi connectivity index (χ0) is 23.1. The number of furan rings is 1. The molecule has 0 aliphatic heterocycles. The Balaban J connectivity index is 1.71. The van der Waals surface area contributed by atoms with E-state index < -0.39 is 0 Å². The van der Waals surface area contributed by atoms with E-state index in [0.717, 1.165) is 11.1 Å². The van der Waals surface area contributed by atoms with E-state index in [-0.39, 0.29) is 5.82 Å². The zero-order valence-electron chi connectivity index (χ0n) is 17.9. The van der Waals surface area contributed by atoms with Crippen LogP contribution in [0.5, 0.6) is 0 Å². The summed E-state index contributed by atoms with van der Waals surface area (Å²) in [7, 11) is 0. The van der Waals surface area contributed by atoms with Crippen LogP contribution in [0.25, 0.3) is 55.8 Å². The van der Waals surface area contributed by atoms with Crippen LogP contribution in [0.1, 0.15) is 5.56 Å². The number of aromatic nitrogens is 2. The van der Waals surface area contributed by atoms with Crippen molar-refractivity contribution in [2.45, 2.75) is 0 Å². The predicted octanol–water partition coefficient (Wildman–Crippen LogP) is 7.39. The lowest BCUT2D eigenvalue weighted by Gasteiger charge is -2.12. The molecule has 2 aromatic heterocycles. The van der Waals surface area contributed by atoms with Gasteiger partial charge in [0.2, 0.25) is 0 Å². The first-order chi connectivity index (χ1) is 16.7. The summed E-state index contributed by atoms with van der Waals surface area (Å²) in [5.74, 6) is -0.00956. The smallest absolute Gasteiger partial charge is 0.164 e. The molecule has 0 N–H and O–H groups in total. The molecule has 6 rings (SSSR count). The highest BCUT2D eigenvalue weighted by Crippen LogP contribution is 2.38. The molecule has 34 heavy (non-hydrogen) atoms. The highest BCUT2D eigenvalue weighted by Gasteiger charge is 2.22. The minimum absolute atomic E-state index is 0.362. The first kappa shape index (κ1) is 19.8. The van der Waals surface area contributed by atoms with Crippen LogP contribution in [0.15, 0.2) is 101 Å². The van der Waals surface area contributed by atoms with Crippen molar-refractivity contribution in [2.75, 3.05) is 0 Å². The van der Waals surface area contributed by atoms with Gasteiger partial charge in [-0.1, -0.05) is 78.9 Å². The number of halogens is 1. The van der Waals surface area contributed by atoms with Gasteiger partial charge in [-0.3, -0.25) is 0 Å². The van der Waals surface area contributed by atoms with Crippen molar-refractivity contribution in [1.82, 2.24) is 9.97 Å². The average Bonchev–Trinajstić information content (AvgIpc) is 3.29. The van der Waals surface area contributed by atoms with Crippen LogP contribution in [0.4, 0.5) is 4.39 Å². The molecule has 0 atom stereocenters. The van der Waals surface area contributed by atoms with Gasteiger partial charge in [0, 0.05) is 16.5 Å². The van der Waals surface area contributed by atoms with E-state index in [1.54, 1.807) is 6.07 Å². The molecule has 160 valence electrons. The molecule has 0 unspecified atom stereocenters. The van der Waals surface area contributed by atoms with Crippen LogP contribution in [-0.2, 0) is 0 Å². The number of hydrogen-bond donors (Lipinski definition) is 0. The summed E-state index contributed by atoms with van der Waals surface area (Å²) in [4.78, 5) is 9.61. The Bertz CT molecular complexity index is 1660. The quantitative estimate of drug-likeness (QED) is 0.287. The minimum atomic E-state index is -0.371. The molecule has 4 nitrogen and oxygen atoms in total. The summed E-state index contributed by atoms with van der Waals surface area (Å²) in [6, 6.07) is 31.7. The van der Waals surface area contributed by atoms with Crippen molar-refractivity contribution in [3.05, 3.63) is 108 Å². The molecule has 0 aliphatic carbocycles. The largest absolute Gasteiger partial charge is 0.455 e.